The van der Waals surface area contributed by atoms with Crippen LogP contribution in [0, 0.1) is 5.82 Å². The average Bonchev–Trinajstić information content (AvgIpc) is 3.27. The molecule has 0 radical (unpaired) electrons. The van der Waals surface area contributed by atoms with E-state index in [-0.39, 0.29) is 5.82 Å². The second kappa shape index (κ2) is 6.05. The summed E-state index contributed by atoms with van der Waals surface area (Å²) < 4.78 is 26.4. The highest BCUT2D eigenvalue weighted by atomic mass is 19.1. The third-order valence-corrected chi connectivity index (χ3v) is 4.79. The van der Waals surface area contributed by atoms with Gasteiger partial charge in [-0.2, -0.15) is 5.10 Å². The predicted molar refractivity (Wildman–Crippen MR) is 96.0 cm³/mol. The van der Waals surface area contributed by atoms with Crippen molar-refractivity contribution in [1.82, 2.24) is 9.78 Å². The number of hydrogen-bond donors (Lipinski definition) is 1. The van der Waals surface area contributed by atoms with E-state index in [0.29, 0.717) is 19.6 Å². The molecule has 26 heavy (non-hydrogen) atoms. The molecule has 0 aliphatic carbocycles. The van der Waals surface area contributed by atoms with Crippen molar-refractivity contribution in [3.8, 4) is 17.2 Å². The first-order chi connectivity index (χ1) is 12.8. The first-order valence-electron chi connectivity index (χ1n) is 8.77. The van der Waals surface area contributed by atoms with Crippen LogP contribution in [-0.4, -0.2) is 29.5 Å². The van der Waals surface area contributed by atoms with Gasteiger partial charge >= 0.3 is 0 Å². The lowest BCUT2D eigenvalue weighted by Crippen LogP contribution is -2.15. The molecule has 0 saturated heterocycles. The van der Waals surface area contributed by atoms with Crippen LogP contribution in [0.5, 0.6) is 11.5 Å². The minimum Gasteiger partial charge on any atom is -0.486 e. The SMILES string of the molecule is Fc1ccc(Cc2nn(-c3ccc4c(c3)OCCO4)c3c2CCN3)cc1. The van der Waals surface area contributed by atoms with Crippen LogP contribution in [0.1, 0.15) is 16.8 Å². The molecule has 0 spiro atoms. The second-order valence-electron chi connectivity index (χ2n) is 6.49. The Hall–Kier alpha value is -3.02. The molecule has 0 saturated carbocycles. The van der Waals surface area contributed by atoms with E-state index < -0.39 is 0 Å². The van der Waals surface area contributed by atoms with E-state index in [9.17, 15) is 4.39 Å². The van der Waals surface area contributed by atoms with Gasteiger partial charge in [0.15, 0.2) is 11.5 Å². The number of hydrogen-bond acceptors (Lipinski definition) is 4. The van der Waals surface area contributed by atoms with E-state index >= 15 is 0 Å². The van der Waals surface area contributed by atoms with Crippen molar-refractivity contribution < 1.29 is 13.9 Å². The van der Waals surface area contributed by atoms with Crippen LogP contribution in [0.15, 0.2) is 42.5 Å². The summed E-state index contributed by atoms with van der Waals surface area (Å²) in [6, 6.07) is 12.5. The Morgan fingerprint density at radius 1 is 1.04 bits per heavy atom. The van der Waals surface area contributed by atoms with Gasteiger partial charge in [-0.3, -0.25) is 0 Å². The largest absolute Gasteiger partial charge is 0.486 e. The first kappa shape index (κ1) is 15.3. The minimum absolute atomic E-state index is 0.220. The fourth-order valence-electron chi connectivity index (χ4n) is 3.53. The highest BCUT2D eigenvalue weighted by Crippen LogP contribution is 2.35. The van der Waals surface area contributed by atoms with Gasteiger partial charge in [-0.25, -0.2) is 9.07 Å². The summed E-state index contributed by atoms with van der Waals surface area (Å²) >= 11 is 0. The topological polar surface area (TPSA) is 48.3 Å². The Bertz CT molecular complexity index is 966. The fourth-order valence-corrected chi connectivity index (χ4v) is 3.53. The van der Waals surface area contributed by atoms with Crippen molar-refractivity contribution in [3.05, 3.63) is 65.1 Å². The van der Waals surface area contributed by atoms with Crippen molar-refractivity contribution in [3.63, 3.8) is 0 Å². The van der Waals surface area contributed by atoms with E-state index in [0.717, 1.165) is 47.2 Å². The van der Waals surface area contributed by atoms with E-state index in [2.05, 4.69) is 5.32 Å². The van der Waals surface area contributed by atoms with Crippen molar-refractivity contribution >= 4 is 5.82 Å². The molecular weight excluding hydrogens is 333 g/mol. The summed E-state index contributed by atoms with van der Waals surface area (Å²) in [6.07, 6.45) is 1.62. The average molecular weight is 351 g/mol. The molecule has 3 heterocycles. The number of aromatic nitrogens is 2. The van der Waals surface area contributed by atoms with Gasteiger partial charge in [-0.15, -0.1) is 0 Å². The molecule has 5 nitrogen and oxygen atoms in total. The maximum Gasteiger partial charge on any atom is 0.163 e. The smallest absolute Gasteiger partial charge is 0.163 e. The number of nitrogens with one attached hydrogen (secondary N) is 1. The van der Waals surface area contributed by atoms with E-state index in [1.54, 1.807) is 0 Å². The van der Waals surface area contributed by atoms with Gasteiger partial charge in [-0.05, 0) is 36.2 Å². The van der Waals surface area contributed by atoms with Gasteiger partial charge in [0.25, 0.3) is 0 Å². The highest BCUT2D eigenvalue weighted by molar-refractivity contribution is 5.59. The van der Waals surface area contributed by atoms with Gasteiger partial charge in [0.2, 0.25) is 0 Å². The van der Waals surface area contributed by atoms with Gasteiger partial charge in [0.05, 0.1) is 11.4 Å². The Morgan fingerprint density at radius 2 is 1.85 bits per heavy atom. The molecule has 3 aromatic rings. The van der Waals surface area contributed by atoms with Crippen LogP contribution in [0.25, 0.3) is 5.69 Å². The van der Waals surface area contributed by atoms with Crippen molar-refractivity contribution in [2.75, 3.05) is 25.1 Å². The van der Waals surface area contributed by atoms with Gasteiger partial charge < -0.3 is 14.8 Å². The maximum absolute atomic E-state index is 13.2. The highest BCUT2D eigenvalue weighted by Gasteiger charge is 2.24. The molecule has 0 amide bonds. The van der Waals surface area contributed by atoms with Gasteiger partial charge in [-0.1, -0.05) is 12.1 Å². The van der Waals surface area contributed by atoms with E-state index in [1.807, 2.05) is 35.0 Å². The van der Waals surface area contributed by atoms with E-state index in [1.165, 1.54) is 17.7 Å². The predicted octanol–water partition coefficient (Wildman–Crippen LogP) is 3.34. The molecule has 1 aromatic heterocycles. The van der Waals surface area contributed by atoms with Gasteiger partial charge in [0.1, 0.15) is 24.8 Å². The Balaban J connectivity index is 1.53. The maximum atomic E-state index is 13.2. The third-order valence-electron chi connectivity index (χ3n) is 4.79. The molecule has 2 aliphatic rings. The molecule has 132 valence electrons. The molecule has 0 atom stereocenters. The number of fused-ring (bicyclic) bond motifs is 2. The molecular formula is C20H18FN3O2. The van der Waals surface area contributed by atoms with Crippen molar-refractivity contribution in [1.29, 1.82) is 0 Å². The number of benzene rings is 2. The Labute approximate surface area is 150 Å². The molecule has 0 fully saturated rings. The van der Waals surface area contributed by atoms with Crippen molar-refractivity contribution in [2.45, 2.75) is 12.8 Å². The summed E-state index contributed by atoms with van der Waals surface area (Å²) in [4.78, 5) is 0. The standard InChI is InChI=1S/C20H18FN3O2/c21-14-3-1-13(2-4-14)11-17-16-7-8-22-20(16)24(23-17)15-5-6-18-19(12-15)26-10-9-25-18/h1-6,12,22H,7-11H2. The van der Waals surface area contributed by atoms with Crippen LogP contribution in [-0.2, 0) is 12.8 Å². The Kier molecular flexibility index (Phi) is 3.55. The van der Waals surface area contributed by atoms with Crippen LogP contribution in [0.2, 0.25) is 0 Å². The summed E-state index contributed by atoms with van der Waals surface area (Å²) in [5, 5.41) is 8.26. The number of halogens is 1. The Morgan fingerprint density at radius 3 is 2.69 bits per heavy atom. The zero-order valence-corrected chi connectivity index (χ0v) is 14.2. The van der Waals surface area contributed by atoms with Crippen LogP contribution < -0.4 is 14.8 Å². The van der Waals surface area contributed by atoms with Crippen LogP contribution in [0.3, 0.4) is 0 Å². The lowest BCUT2D eigenvalue weighted by atomic mass is 10.1. The monoisotopic (exact) mass is 351 g/mol. The zero-order valence-electron chi connectivity index (χ0n) is 14.2. The van der Waals surface area contributed by atoms with Crippen molar-refractivity contribution in [2.24, 2.45) is 0 Å². The molecule has 0 bridgehead atoms. The summed E-state index contributed by atoms with van der Waals surface area (Å²) in [6.45, 7) is 2.03. The summed E-state index contributed by atoms with van der Waals surface area (Å²) in [7, 11) is 0. The van der Waals surface area contributed by atoms with E-state index in [4.69, 9.17) is 14.6 Å². The fraction of sp³-hybridized carbons (Fsp3) is 0.250. The zero-order chi connectivity index (χ0) is 17.5. The number of ether oxygens (including phenoxy) is 2. The molecule has 6 heteroatoms. The molecule has 5 rings (SSSR count). The summed E-state index contributed by atoms with van der Waals surface area (Å²) in [5.41, 5.74) is 4.23. The number of anilines is 1. The van der Waals surface area contributed by atoms with Crippen LogP contribution in [0.4, 0.5) is 10.2 Å². The molecule has 0 unspecified atom stereocenters. The number of rotatable bonds is 3. The first-order valence-corrected chi connectivity index (χ1v) is 8.77. The quantitative estimate of drug-likeness (QED) is 0.786. The van der Waals surface area contributed by atoms with Gasteiger partial charge in [0, 0.05) is 24.6 Å². The number of nitrogens with zero attached hydrogens (tertiary/aromatic N) is 2. The third kappa shape index (κ3) is 2.58. The molecule has 2 aromatic carbocycles. The lowest BCUT2D eigenvalue weighted by molar-refractivity contribution is 0.171. The molecule has 2 aliphatic heterocycles. The normalized spacial score (nSPS) is 14.8. The molecule has 1 N–H and O–H groups in total. The lowest BCUT2D eigenvalue weighted by Gasteiger charge is -2.19. The minimum atomic E-state index is -0.220. The van der Waals surface area contributed by atoms with Crippen LogP contribution >= 0.6 is 0 Å². The second-order valence-corrected chi connectivity index (χ2v) is 6.49. The summed E-state index contributed by atoms with van der Waals surface area (Å²) in [5.74, 6) is 2.32.